The second-order valence-corrected chi connectivity index (χ2v) is 9.63. The fourth-order valence-electron chi connectivity index (χ4n) is 4.02. The molecule has 0 aromatic heterocycles. The lowest BCUT2D eigenvalue weighted by molar-refractivity contribution is -0.147. The topological polar surface area (TPSA) is 135 Å². The van der Waals surface area contributed by atoms with Crippen molar-refractivity contribution < 1.29 is 35.1 Å². The zero-order chi connectivity index (χ0) is 23.2. The lowest BCUT2D eigenvalue weighted by Gasteiger charge is -2.18. The third-order valence-corrected chi connectivity index (χ3v) is 6.65. The van der Waals surface area contributed by atoms with Crippen LogP contribution in [0, 0.1) is 10.8 Å². The van der Waals surface area contributed by atoms with E-state index in [9.17, 15) is 30.0 Å². The number of aliphatic carboxylic acids is 2. The van der Waals surface area contributed by atoms with E-state index in [2.05, 4.69) is 0 Å². The molecule has 1 aromatic carbocycles. The summed E-state index contributed by atoms with van der Waals surface area (Å²) in [4.78, 5) is 22.4. The number of aryl methyl sites for hydroxylation is 1. The summed E-state index contributed by atoms with van der Waals surface area (Å²) in [5, 5.41) is 49.2. The van der Waals surface area contributed by atoms with Crippen molar-refractivity contribution >= 4 is 11.9 Å². The molecule has 1 fully saturated rings. The van der Waals surface area contributed by atoms with Gasteiger partial charge >= 0.3 is 11.9 Å². The molecule has 31 heavy (non-hydrogen) atoms. The number of rotatable bonds is 14. The van der Waals surface area contributed by atoms with Crippen LogP contribution in [0.5, 0.6) is 17.2 Å². The van der Waals surface area contributed by atoms with Gasteiger partial charge in [0.15, 0.2) is 11.5 Å². The van der Waals surface area contributed by atoms with Crippen molar-refractivity contribution in [1.29, 1.82) is 0 Å². The quantitative estimate of drug-likeness (QED) is 0.158. The van der Waals surface area contributed by atoms with Crippen LogP contribution in [0.15, 0.2) is 6.07 Å². The average Bonchev–Trinajstić information content (AvgIpc) is 3.48. The molecule has 5 N–H and O–H groups in total. The minimum absolute atomic E-state index is 0.00497. The molecule has 1 aromatic rings. The van der Waals surface area contributed by atoms with Crippen LogP contribution in [0.1, 0.15) is 89.2 Å². The van der Waals surface area contributed by atoms with E-state index in [4.69, 9.17) is 5.11 Å². The standard InChI is InChI=1S/C24H36O7/c1-23(2,21(28)29)11-7-3-5-9-16-15-18(25)20(27)17(19(16)26)10-6-4-8-12-24(13-14-24)22(30)31/h15,25-27H,3-14H2,1-2H3,(H,28,29)(H,30,31). The van der Waals surface area contributed by atoms with Crippen LogP contribution in [0.2, 0.25) is 0 Å². The van der Waals surface area contributed by atoms with E-state index in [1.807, 2.05) is 0 Å². The number of phenols is 3. The molecular weight excluding hydrogens is 400 g/mol. The highest BCUT2D eigenvalue weighted by atomic mass is 16.4. The molecule has 0 bridgehead atoms. The van der Waals surface area contributed by atoms with Crippen molar-refractivity contribution in [3.63, 3.8) is 0 Å². The molecule has 1 aliphatic carbocycles. The van der Waals surface area contributed by atoms with Gasteiger partial charge in [0.1, 0.15) is 5.75 Å². The Kier molecular flexibility index (Phi) is 8.21. The largest absolute Gasteiger partial charge is 0.507 e. The van der Waals surface area contributed by atoms with Crippen LogP contribution in [-0.4, -0.2) is 37.5 Å². The molecule has 0 spiro atoms. The lowest BCUT2D eigenvalue weighted by atomic mass is 9.87. The van der Waals surface area contributed by atoms with Gasteiger partial charge in [-0.2, -0.15) is 0 Å². The summed E-state index contributed by atoms with van der Waals surface area (Å²) >= 11 is 0. The number of unbranched alkanes of at least 4 members (excludes halogenated alkanes) is 4. The molecule has 1 saturated carbocycles. The summed E-state index contributed by atoms with van der Waals surface area (Å²) in [6, 6.07) is 1.39. The maximum atomic E-state index is 11.2. The van der Waals surface area contributed by atoms with Crippen molar-refractivity contribution in [2.75, 3.05) is 0 Å². The molecule has 2 rings (SSSR count). The summed E-state index contributed by atoms with van der Waals surface area (Å²) in [6.07, 6.45) is 8.22. The predicted molar refractivity (Wildman–Crippen MR) is 117 cm³/mol. The van der Waals surface area contributed by atoms with E-state index in [0.717, 1.165) is 44.9 Å². The molecule has 0 heterocycles. The van der Waals surface area contributed by atoms with Crippen LogP contribution < -0.4 is 0 Å². The molecule has 0 atom stereocenters. The highest BCUT2D eigenvalue weighted by Crippen LogP contribution is 2.50. The third kappa shape index (κ3) is 6.52. The van der Waals surface area contributed by atoms with Crippen LogP contribution in [0.4, 0.5) is 0 Å². The van der Waals surface area contributed by atoms with E-state index >= 15 is 0 Å². The number of phenolic OH excluding ortho intramolecular Hbond substituents is 3. The first-order valence-corrected chi connectivity index (χ1v) is 11.2. The summed E-state index contributed by atoms with van der Waals surface area (Å²) < 4.78 is 0. The Morgan fingerprint density at radius 3 is 2.10 bits per heavy atom. The van der Waals surface area contributed by atoms with E-state index in [1.54, 1.807) is 13.8 Å². The van der Waals surface area contributed by atoms with Crippen LogP contribution in [0.3, 0.4) is 0 Å². The van der Waals surface area contributed by atoms with Crippen LogP contribution >= 0.6 is 0 Å². The fraction of sp³-hybridized carbons (Fsp3) is 0.667. The van der Waals surface area contributed by atoms with E-state index in [0.29, 0.717) is 43.2 Å². The predicted octanol–water partition coefficient (Wildman–Crippen LogP) is 4.98. The summed E-state index contributed by atoms with van der Waals surface area (Å²) in [6.45, 7) is 3.41. The minimum Gasteiger partial charge on any atom is -0.507 e. The number of benzene rings is 1. The minimum atomic E-state index is -0.812. The van der Waals surface area contributed by atoms with E-state index < -0.39 is 22.8 Å². The Morgan fingerprint density at radius 2 is 1.52 bits per heavy atom. The molecule has 0 saturated heterocycles. The van der Waals surface area contributed by atoms with E-state index in [1.165, 1.54) is 6.07 Å². The first kappa shape index (κ1) is 24.8. The number of carboxylic acids is 2. The Labute approximate surface area is 183 Å². The smallest absolute Gasteiger partial charge is 0.309 e. The Bertz CT molecular complexity index is 794. The molecule has 174 valence electrons. The normalized spacial score (nSPS) is 15.0. The lowest BCUT2D eigenvalue weighted by Crippen LogP contribution is -2.23. The Hall–Kier alpha value is -2.44. The zero-order valence-corrected chi connectivity index (χ0v) is 18.6. The van der Waals surface area contributed by atoms with Gasteiger partial charge in [-0.25, -0.2) is 0 Å². The number of hydrogen-bond acceptors (Lipinski definition) is 5. The highest BCUT2D eigenvalue weighted by molar-refractivity contribution is 5.77. The zero-order valence-electron chi connectivity index (χ0n) is 18.6. The van der Waals surface area contributed by atoms with Gasteiger partial charge in [0.25, 0.3) is 0 Å². The van der Waals surface area contributed by atoms with Crippen molar-refractivity contribution in [3.8, 4) is 17.2 Å². The first-order chi connectivity index (χ1) is 14.5. The van der Waals surface area contributed by atoms with Gasteiger partial charge in [-0.15, -0.1) is 0 Å². The van der Waals surface area contributed by atoms with Gasteiger partial charge in [0.05, 0.1) is 10.8 Å². The van der Waals surface area contributed by atoms with Crippen molar-refractivity contribution in [2.24, 2.45) is 10.8 Å². The third-order valence-electron chi connectivity index (χ3n) is 6.65. The molecule has 0 unspecified atom stereocenters. The van der Waals surface area contributed by atoms with Crippen molar-refractivity contribution in [1.82, 2.24) is 0 Å². The monoisotopic (exact) mass is 436 g/mol. The molecule has 0 radical (unpaired) electrons. The number of aromatic hydroxyl groups is 3. The van der Waals surface area contributed by atoms with Gasteiger partial charge in [-0.05, 0) is 76.8 Å². The van der Waals surface area contributed by atoms with Crippen LogP contribution in [0.25, 0.3) is 0 Å². The first-order valence-electron chi connectivity index (χ1n) is 11.2. The summed E-state index contributed by atoms with van der Waals surface area (Å²) in [7, 11) is 0. The maximum absolute atomic E-state index is 11.2. The second-order valence-electron chi connectivity index (χ2n) is 9.63. The summed E-state index contributed by atoms with van der Waals surface area (Å²) in [5.41, 5.74) is -0.371. The second kappa shape index (κ2) is 10.2. The van der Waals surface area contributed by atoms with Crippen molar-refractivity contribution in [2.45, 2.75) is 90.9 Å². The van der Waals surface area contributed by atoms with Crippen LogP contribution in [-0.2, 0) is 22.4 Å². The van der Waals surface area contributed by atoms with Gasteiger partial charge < -0.3 is 25.5 Å². The van der Waals surface area contributed by atoms with Gasteiger partial charge in [-0.1, -0.05) is 25.7 Å². The average molecular weight is 437 g/mol. The molecular formula is C24H36O7. The molecule has 7 nitrogen and oxygen atoms in total. The summed E-state index contributed by atoms with van der Waals surface area (Å²) in [5.74, 6) is -2.07. The molecule has 0 amide bonds. The Morgan fingerprint density at radius 1 is 0.903 bits per heavy atom. The van der Waals surface area contributed by atoms with E-state index in [-0.39, 0.29) is 17.2 Å². The fourth-order valence-corrected chi connectivity index (χ4v) is 4.02. The molecule has 7 heteroatoms. The highest BCUT2D eigenvalue weighted by Gasteiger charge is 2.49. The molecule has 1 aliphatic rings. The number of carbonyl (C=O) groups is 2. The number of hydrogen-bond donors (Lipinski definition) is 5. The number of carboxylic acid groups (broad SMARTS) is 2. The SMILES string of the molecule is CC(C)(CCCCCc1cc(O)c(O)c(CCCCCC2(C(=O)O)CC2)c1O)C(=O)O. The Balaban J connectivity index is 1.83. The van der Waals surface area contributed by atoms with Crippen molar-refractivity contribution in [3.05, 3.63) is 17.2 Å². The van der Waals surface area contributed by atoms with Gasteiger partial charge in [0.2, 0.25) is 0 Å². The molecule has 0 aliphatic heterocycles. The van der Waals surface area contributed by atoms with Gasteiger partial charge in [-0.3, -0.25) is 9.59 Å². The maximum Gasteiger partial charge on any atom is 0.309 e. The van der Waals surface area contributed by atoms with Gasteiger partial charge in [0, 0.05) is 5.56 Å².